The molecule has 2 aliphatic rings. The van der Waals surface area contributed by atoms with Crippen molar-refractivity contribution in [2.75, 3.05) is 0 Å². The van der Waals surface area contributed by atoms with Crippen molar-refractivity contribution in [1.29, 1.82) is 0 Å². The first kappa shape index (κ1) is 31.1. The lowest BCUT2D eigenvalue weighted by Crippen LogP contribution is -2.26. The van der Waals surface area contributed by atoms with E-state index in [2.05, 4.69) is 44.2 Å². The second-order valence-electron chi connectivity index (χ2n) is 10.9. The highest BCUT2D eigenvalue weighted by Gasteiger charge is 2.31. The molecule has 4 rings (SSSR count). The Morgan fingerprint density at radius 1 is 0.649 bits per heavy atom. The Morgan fingerprint density at radius 3 is 1.62 bits per heavy atom. The molecule has 0 aromatic heterocycles. The summed E-state index contributed by atoms with van der Waals surface area (Å²) in [5.41, 5.74) is -0.313. The van der Waals surface area contributed by atoms with Crippen LogP contribution in [0, 0.1) is 52.8 Å². The molecule has 0 heterocycles. The highest BCUT2D eigenvalue weighted by molar-refractivity contribution is 15.0. The predicted octanol–water partition coefficient (Wildman–Crippen LogP) is 11.6. The van der Waals surface area contributed by atoms with Gasteiger partial charge in [-0.1, -0.05) is 45.4 Å². The van der Waals surface area contributed by atoms with E-state index in [9.17, 15) is 22.0 Å². The normalized spacial score (nSPS) is 23.9. The summed E-state index contributed by atoms with van der Waals surface area (Å²) in [6.45, 7) is 2.26. The zero-order valence-corrected chi connectivity index (χ0v) is 25.8. The van der Waals surface area contributed by atoms with E-state index in [-0.39, 0.29) is 5.56 Å². The molecule has 0 spiro atoms. The van der Waals surface area contributed by atoms with Gasteiger partial charge in [-0.2, -0.15) is 0 Å². The summed E-state index contributed by atoms with van der Waals surface area (Å²) >= 11 is 4.24. The quantitative estimate of drug-likeness (QED) is 0.109. The van der Waals surface area contributed by atoms with Crippen LogP contribution in [0.4, 0.5) is 22.0 Å². The Morgan fingerprint density at radius 2 is 1.14 bits per heavy atom. The smallest absolute Gasteiger partial charge is 0.194 e. The van der Waals surface area contributed by atoms with Gasteiger partial charge in [0.1, 0.15) is 11.6 Å². The van der Waals surface area contributed by atoms with E-state index >= 15 is 0 Å². The molecule has 2 fully saturated rings. The summed E-state index contributed by atoms with van der Waals surface area (Å²) < 4.78 is 69.9. The number of hydrogen-bond acceptors (Lipinski definition) is 0. The fourth-order valence-corrected chi connectivity index (χ4v) is 6.55. The molecular weight excluding hydrogens is 709 g/mol. The van der Waals surface area contributed by atoms with Crippen molar-refractivity contribution < 1.29 is 22.0 Å². The maximum Gasteiger partial charge on any atom is 0.194 e. The Labute approximate surface area is 241 Å². The zero-order chi connectivity index (χ0) is 26.9. The van der Waals surface area contributed by atoms with Crippen molar-refractivity contribution in [2.45, 2.75) is 90.4 Å². The predicted molar refractivity (Wildman–Crippen MR) is 158 cm³/mol. The van der Waals surface area contributed by atoms with E-state index in [0.29, 0.717) is 30.0 Å². The maximum absolute atomic E-state index is 14.8. The monoisotopic (exact) mass is 746 g/mol. The Kier molecular flexibility index (Phi) is 12.9. The molecule has 0 bridgehead atoms. The van der Waals surface area contributed by atoms with Crippen molar-refractivity contribution in [1.82, 2.24) is 0 Å². The molecule has 0 amide bonds. The molecule has 0 nitrogen and oxygen atoms in total. The summed E-state index contributed by atoms with van der Waals surface area (Å²) in [5.74, 6) is -3.42. The maximum atomic E-state index is 14.8. The third kappa shape index (κ3) is 8.52. The lowest BCUT2D eigenvalue weighted by Gasteiger charge is -2.38. The van der Waals surface area contributed by atoms with E-state index in [1.807, 2.05) is 0 Å². The van der Waals surface area contributed by atoms with E-state index in [1.54, 1.807) is 0 Å². The van der Waals surface area contributed by atoms with E-state index < -0.39 is 34.6 Å². The molecule has 2 aliphatic carbocycles. The summed E-state index contributed by atoms with van der Waals surface area (Å²) in [4.78, 5) is 0. The minimum atomic E-state index is -1.65. The zero-order valence-electron chi connectivity index (χ0n) is 21.5. The molecular formula is C30H37F5I2. The fourth-order valence-electron chi connectivity index (χ4n) is 6.55. The van der Waals surface area contributed by atoms with Gasteiger partial charge >= 0.3 is 0 Å². The van der Waals surface area contributed by atoms with Gasteiger partial charge in [-0.05, 0) is 104 Å². The van der Waals surface area contributed by atoms with Gasteiger partial charge in [0, 0.05) is 37.2 Å². The van der Waals surface area contributed by atoms with Gasteiger partial charge in [-0.15, -0.1) is 0 Å². The van der Waals surface area contributed by atoms with Crippen molar-refractivity contribution in [3.63, 3.8) is 0 Å². The third-order valence-corrected chi connectivity index (χ3v) is 8.56. The van der Waals surface area contributed by atoms with Crippen LogP contribution >= 0.6 is 37.2 Å². The second-order valence-corrected chi connectivity index (χ2v) is 10.9. The first-order chi connectivity index (χ1) is 17.9. The minimum absolute atomic E-state index is 0.344. The SMILES string of the molecule is CCCCCC1CCC(C2CCC(Cc3cc(F)c(-c4cc(F)c(F)c(F)c4)c(F)c3)CC2)CC1.II. The van der Waals surface area contributed by atoms with Crippen molar-refractivity contribution in [2.24, 2.45) is 23.7 Å². The van der Waals surface area contributed by atoms with Crippen molar-refractivity contribution >= 4 is 37.2 Å². The van der Waals surface area contributed by atoms with Crippen LogP contribution in [0.15, 0.2) is 24.3 Å². The van der Waals surface area contributed by atoms with Crippen LogP contribution in [-0.4, -0.2) is 0 Å². The Bertz CT molecular complexity index is 949. The second kappa shape index (κ2) is 15.4. The highest BCUT2D eigenvalue weighted by atomic mass is 128. The summed E-state index contributed by atoms with van der Waals surface area (Å²) in [6, 6.07) is 3.76. The van der Waals surface area contributed by atoms with Crippen LogP contribution in [0.2, 0.25) is 0 Å². The number of halogens is 7. The molecule has 0 aliphatic heterocycles. The Balaban J connectivity index is 0.00000186. The number of benzene rings is 2. The highest BCUT2D eigenvalue weighted by Crippen LogP contribution is 2.43. The standard InChI is InChI=1S/C30H37F5.I2/c1-2-3-4-5-19-6-10-22(11-7-19)23-12-8-20(9-13-23)14-21-15-25(31)29(26(32)16-21)24-17-27(33)30(35)28(34)18-24;1-2/h15-20,22-23H,2-14H2,1H3;. The summed E-state index contributed by atoms with van der Waals surface area (Å²) in [6.07, 6.45) is 16.0. The van der Waals surface area contributed by atoms with Gasteiger partial charge in [-0.3, -0.25) is 0 Å². The average molecular weight is 746 g/mol. The average Bonchev–Trinajstić information content (AvgIpc) is 2.89. The number of hydrogen-bond donors (Lipinski definition) is 0. The van der Waals surface area contributed by atoms with Gasteiger partial charge in [0.15, 0.2) is 17.5 Å². The molecule has 37 heavy (non-hydrogen) atoms. The molecule has 0 saturated heterocycles. The van der Waals surface area contributed by atoms with Crippen LogP contribution in [0.5, 0.6) is 0 Å². The molecule has 7 heteroatoms. The lowest BCUT2D eigenvalue weighted by molar-refractivity contribution is 0.142. The molecule has 0 unspecified atom stereocenters. The molecule has 0 atom stereocenters. The van der Waals surface area contributed by atoms with Gasteiger partial charge in [0.05, 0.1) is 5.56 Å². The minimum Gasteiger partial charge on any atom is -0.206 e. The van der Waals surface area contributed by atoms with E-state index in [1.165, 1.54) is 76.3 Å². The topological polar surface area (TPSA) is 0 Å². The van der Waals surface area contributed by atoms with E-state index in [0.717, 1.165) is 30.6 Å². The number of rotatable bonds is 8. The van der Waals surface area contributed by atoms with Gasteiger partial charge in [0.25, 0.3) is 0 Å². The number of unbranched alkanes of at least 4 members (excludes halogenated alkanes) is 2. The van der Waals surface area contributed by atoms with Gasteiger partial charge in [-0.25, -0.2) is 22.0 Å². The van der Waals surface area contributed by atoms with Crippen LogP contribution in [-0.2, 0) is 6.42 Å². The molecule has 2 aromatic carbocycles. The third-order valence-electron chi connectivity index (χ3n) is 8.56. The van der Waals surface area contributed by atoms with Crippen LogP contribution < -0.4 is 0 Å². The van der Waals surface area contributed by atoms with Crippen LogP contribution in [0.1, 0.15) is 89.5 Å². The van der Waals surface area contributed by atoms with Crippen LogP contribution in [0.3, 0.4) is 0 Å². The fraction of sp³-hybridized carbons (Fsp3) is 0.600. The Hall–Kier alpha value is -0.450. The van der Waals surface area contributed by atoms with Gasteiger partial charge < -0.3 is 0 Å². The van der Waals surface area contributed by atoms with Crippen molar-refractivity contribution in [3.8, 4) is 11.1 Å². The lowest BCUT2D eigenvalue weighted by atomic mass is 9.68. The molecule has 2 aromatic rings. The largest absolute Gasteiger partial charge is 0.206 e. The molecule has 0 radical (unpaired) electrons. The summed E-state index contributed by atoms with van der Waals surface area (Å²) in [5, 5.41) is 0. The van der Waals surface area contributed by atoms with Crippen molar-refractivity contribution in [3.05, 3.63) is 58.9 Å². The molecule has 2 saturated carbocycles. The molecule has 206 valence electrons. The van der Waals surface area contributed by atoms with Crippen LogP contribution in [0.25, 0.3) is 11.1 Å². The first-order valence-corrected chi connectivity index (χ1v) is 19.9. The van der Waals surface area contributed by atoms with E-state index in [4.69, 9.17) is 0 Å². The van der Waals surface area contributed by atoms with Gasteiger partial charge in [0.2, 0.25) is 0 Å². The molecule has 0 N–H and O–H groups in total. The first-order valence-electron chi connectivity index (χ1n) is 13.6. The summed E-state index contributed by atoms with van der Waals surface area (Å²) in [7, 11) is 0.